The highest BCUT2D eigenvalue weighted by Crippen LogP contribution is 2.23. The van der Waals surface area contributed by atoms with E-state index < -0.39 is 11.7 Å². The largest absolute Gasteiger partial charge is 0.383 e. The number of hydrogen-bond acceptors (Lipinski definition) is 3. The molecule has 0 aliphatic carbocycles. The summed E-state index contributed by atoms with van der Waals surface area (Å²) in [5, 5.41) is 2.96. The van der Waals surface area contributed by atoms with E-state index in [1.807, 2.05) is 6.92 Å². The third-order valence-electron chi connectivity index (χ3n) is 2.50. The minimum absolute atomic E-state index is 0.0309. The second-order valence-electron chi connectivity index (χ2n) is 4.02. The van der Waals surface area contributed by atoms with Gasteiger partial charge in [-0.2, -0.15) is 0 Å². The van der Waals surface area contributed by atoms with E-state index in [0.29, 0.717) is 10.7 Å². The second-order valence-corrected chi connectivity index (χ2v) is 4.43. The number of halogens is 2. The van der Waals surface area contributed by atoms with Crippen LogP contribution in [0, 0.1) is 12.7 Å². The average Bonchev–Trinajstić information content (AvgIpc) is 2.35. The maximum absolute atomic E-state index is 13.1. The van der Waals surface area contributed by atoms with Gasteiger partial charge in [-0.25, -0.2) is 9.37 Å². The molecule has 0 bridgehead atoms. The van der Waals surface area contributed by atoms with Crippen LogP contribution in [0.15, 0.2) is 30.5 Å². The Morgan fingerprint density at radius 2 is 2.16 bits per heavy atom. The number of carbonyl (C=O) groups is 1. The minimum atomic E-state index is -0.630. The van der Waals surface area contributed by atoms with E-state index in [9.17, 15) is 9.18 Å². The topological polar surface area (TPSA) is 68.0 Å². The van der Waals surface area contributed by atoms with E-state index in [-0.39, 0.29) is 11.4 Å². The Labute approximate surface area is 114 Å². The molecule has 2 aromatic rings. The third kappa shape index (κ3) is 3.00. The van der Waals surface area contributed by atoms with Crippen LogP contribution in [0.5, 0.6) is 0 Å². The zero-order chi connectivity index (χ0) is 14.0. The third-order valence-corrected chi connectivity index (χ3v) is 2.82. The summed E-state index contributed by atoms with van der Waals surface area (Å²) in [6.07, 6.45) is 0.949. The molecule has 0 unspecified atom stereocenters. The van der Waals surface area contributed by atoms with Crippen molar-refractivity contribution in [3.05, 3.63) is 52.4 Å². The Hall–Kier alpha value is -2.14. The van der Waals surface area contributed by atoms with Gasteiger partial charge in [0, 0.05) is 0 Å². The number of hydrogen-bond donors (Lipinski definition) is 2. The lowest BCUT2D eigenvalue weighted by molar-refractivity contribution is 0.102. The van der Waals surface area contributed by atoms with Crippen molar-refractivity contribution in [3.63, 3.8) is 0 Å². The average molecular weight is 280 g/mol. The molecule has 0 radical (unpaired) electrons. The van der Waals surface area contributed by atoms with Gasteiger partial charge in [0.2, 0.25) is 0 Å². The fourth-order valence-corrected chi connectivity index (χ4v) is 1.83. The van der Waals surface area contributed by atoms with Crippen LogP contribution in [0.1, 0.15) is 15.9 Å². The number of nitrogens with one attached hydrogen (secondary N) is 1. The number of aromatic nitrogens is 1. The van der Waals surface area contributed by atoms with Crippen LogP contribution >= 0.6 is 11.6 Å². The summed E-state index contributed by atoms with van der Waals surface area (Å²) >= 11 is 6.00. The lowest BCUT2D eigenvalue weighted by Gasteiger charge is -2.09. The summed E-state index contributed by atoms with van der Waals surface area (Å²) in [6.45, 7) is 1.88. The number of anilines is 2. The van der Waals surface area contributed by atoms with Crippen molar-refractivity contribution < 1.29 is 9.18 Å². The van der Waals surface area contributed by atoms with Gasteiger partial charge in [-0.05, 0) is 30.7 Å². The maximum atomic E-state index is 13.1. The standard InChI is InChI=1S/C13H11ClFN3O/c1-7-2-3-11(10(14)4-7)18-13(19)9-5-8(15)6-17-12(9)16/h2-6H,1H3,(H2,16,17)(H,18,19). The van der Waals surface area contributed by atoms with E-state index in [4.69, 9.17) is 17.3 Å². The van der Waals surface area contributed by atoms with E-state index in [0.717, 1.165) is 17.8 Å². The Balaban J connectivity index is 2.28. The lowest BCUT2D eigenvalue weighted by Crippen LogP contribution is -2.15. The van der Waals surface area contributed by atoms with Crippen LogP contribution in [0.4, 0.5) is 15.9 Å². The van der Waals surface area contributed by atoms with Crippen LogP contribution in [0.25, 0.3) is 0 Å². The van der Waals surface area contributed by atoms with E-state index in [2.05, 4.69) is 10.3 Å². The number of benzene rings is 1. The number of rotatable bonds is 2. The van der Waals surface area contributed by atoms with Gasteiger partial charge in [0.25, 0.3) is 5.91 Å². The number of nitrogens with zero attached hydrogens (tertiary/aromatic N) is 1. The molecule has 0 atom stereocenters. The highest BCUT2D eigenvalue weighted by molar-refractivity contribution is 6.34. The molecule has 6 heteroatoms. The molecule has 1 amide bonds. The van der Waals surface area contributed by atoms with E-state index in [1.54, 1.807) is 18.2 Å². The van der Waals surface area contributed by atoms with Gasteiger partial charge in [-0.3, -0.25) is 4.79 Å². The molecular weight excluding hydrogens is 269 g/mol. The first-order chi connectivity index (χ1) is 8.97. The maximum Gasteiger partial charge on any atom is 0.259 e. The second kappa shape index (κ2) is 5.24. The molecule has 4 nitrogen and oxygen atoms in total. The van der Waals surface area contributed by atoms with Crippen molar-refractivity contribution in [2.75, 3.05) is 11.1 Å². The van der Waals surface area contributed by atoms with Gasteiger partial charge >= 0.3 is 0 Å². The van der Waals surface area contributed by atoms with Crippen LogP contribution in [-0.2, 0) is 0 Å². The summed E-state index contributed by atoms with van der Waals surface area (Å²) in [4.78, 5) is 15.6. The SMILES string of the molecule is Cc1ccc(NC(=O)c2cc(F)cnc2N)c(Cl)c1. The number of aryl methyl sites for hydroxylation is 1. The van der Waals surface area contributed by atoms with Gasteiger partial charge in [0.15, 0.2) is 0 Å². The predicted molar refractivity (Wildman–Crippen MR) is 72.7 cm³/mol. The molecule has 19 heavy (non-hydrogen) atoms. The molecule has 0 aliphatic rings. The number of nitrogen functional groups attached to an aromatic ring is 1. The highest BCUT2D eigenvalue weighted by Gasteiger charge is 2.13. The Morgan fingerprint density at radius 1 is 1.42 bits per heavy atom. The Morgan fingerprint density at radius 3 is 2.84 bits per heavy atom. The molecule has 3 N–H and O–H groups in total. The first kappa shape index (κ1) is 13.3. The molecule has 98 valence electrons. The molecule has 0 spiro atoms. The van der Waals surface area contributed by atoms with Crippen molar-refractivity contribution in [1.82, 2.24) is 4.98 Å². The Kier molecular flexibility index (Phi) is 3.66. The van der Waals surface area contributed by atoms with Crippen LogP contribution in [-0.4, -0.2) is 10.9 Å². The van der Waals surface area contributed by atoms with Gasteiger partial charge in [-0.15, -0.1) is 0 Å². The number of pyridine rings is 1. The zero-order valence-electron chi connectivity index (χ0n) is 10.1. The Bertz CT molecular complexity index is 646. The summed E-state index contributed by atoms with van der Waals surface area (Å²) < 4.78 is 13.1. The molecule has 0 fully saturated rings. The monoisotopic (exact) mass is 279 g/mol. The van der Waals surface area contributed by atoms with E-state index in [1.165, 1.54) is 0 Å². The quantitative estimate of drug-likeness (QED) is 0.888. The summed E-state index contributed by atoms with van der Waals surface area (Å²) in [7, 11) is 0. The van der Waals surface area contributed by atoms with Crippen molar-refractivity contribution in [2.45, 2.75) is 6.92 Å². The van der Waals surface area contributed by atoms with Crippen molar-refractivity contribution in [2.24, 2.45) is 0 Å². The molecule has 2 rings (SSSR count). The van der Waals surface area contributed by atoms with Gasteiger partial charge in [-0.1, -0.05) is 17.7 Å². The fraction of sp³-hybridized carbons (Fsp3) is 0.0769. The zero-order valence-corrected chi connectivity index (χ0v) is 10.8. The van der Waals surface area contributed by atoms with Crippen molar-refractivity contribution >= 4 is 29.0 Å². The molecule has 0 aliphatic heterocycles. The summed E-state index contributed by atoms with van der Waals surface area (Å²) in [5.74, 6) is -1.23. The van der Waals surface area contributed by atoms with Gasteiger partial charge < -0.3 is 11.1 Å². The molecule has 1 aromatic carbocycles. The number of nitrogens with two attached hydrogens (primary N) is 1. The van der Waals surface area contributed by atoms with Crippen LogP contribution in [0.3, 0.4) is 0 Å². The normalized spacial score (nSPS) is 10.3. The van der Waals surface area contributed by atoms with E-state index >= 15 is 0 Å². The predicted octanol–water partition coefficient (Wildman–Crippen LogP) is 3.02. The first-order valence-electron chi connectivity index (χ1n) is 5.46. The number of amides is 1. The molecule has 0 saturated heterocycles. The van der Waals surface area contributed by atoms with Gasteiger partial charge in [0.1, 0.15) is 11.6 Å². The minimum Gasteiger partial charge on any atom is -0.383 e. The summed E-state index contributed by atoms with van der Waals surface area (Å²) in [5.41, 5.74) is 6.90. The smallest absolute Gasteiger partial charge is 0.259 e. The highest BCUT2D eigenvalue weighted by atomic mass is 35.5. The molecule has 1 aromatic heterocycles. The fourth-order valence-electron chi connectivity index (χ4n) is 1.54. The van der Waals surface area contributed by atoms with Crippen molar-refractivity contribution in [1.29, 1.82) is 0 Å². The van der Waals surface area contributed by atoms with Gasteiger partial charge in [0.05, 0.1) is 22.5 Å². The molecule has 1 heterocycles. The number of carbonyl (C=O) groups excluding carboxylic acids is 1. The molecular formula is C13H11ClFN3O. The summed E-state index contributed by atoms with van der Waals surface area (Å²) in [6, 6.07) is 6.21. The first-order valence-corrected chi connectivity index (χ1v) is 5.83. The van der Waals surface area contributed by atoms with Crippen LogP contribution < -0.4 is 11.1 Å². The molecule has 0 saturated carbocycles. The lowest BCUT2D eigenvalue weighted by atomic mass is 10.2. The van der Waals surface area contributed by atoms with Crippen LogP contribution in [0.2, 0.25) is 5.02 Å². The van der Waals surface area contributed by atoms with Crippen molar-refractivity contribution in [3.8, 4) is 0 Å².